The Morgan fingerprint density at radius 2 is 2.06 bits per heavy atom. The van der Waals surface area contributed by atoms with E-state index in [0.717, 1.165) is 5.56 Å². The Morgan fingerprint density at radius 1 is 1.39 bits per heavy atom. The zero-order valence-electron chi connectivity index (χ0n) is 9.56. The molecule has 1 aromatic rings. The lowest BCUT2D eigenvalue weighted by atomic mass is 9.76. The van der Waals surface area contributed by atoms with Crippen LogP contribution in [0.2, 0.25) is 0 Å². The molecule has 2 rings (SSSR count). The van der Waals surface area contributed by atoms with Gasteiger partial charge in [0, 0.05) is 0 Å². The molecule has 1 fully saturated rings. The van der Waals surface area contributed by atoms with E-state index in [1.807, 2.05) is 0 Å². The number of amides is 2. The summed E-state index contributed by atoms with van der Waals surface area (Å²) in [6.45, 7) is 3.60. The molecule has 5 nitrogen and oxygen atoms in total. The topological polar surface area (TPSA) is 71.3 Å². The first-order valence-corrected chi connectivity index (χ1v) is 5.78. The summed E-state index contributed by atoms with van der Waals surface area (Å²) in [6, 6.07) is 1.72. The van der Waals surface area contributed by atoms with E-state index in [1.54, 1.807) is 12.1 Å². The number of hydrogen-bond acceptors (Lipinski definition) is 4. The second-order valence-electron chi connectivity index (χ2n) is 4.12. The van der Waals surface area contributed by atoms with Crippen LogP contribution < -0.4 is 10.6 Å². The maximum absolute atomic E-state index is 12.1. The monoisotopic (exact) mass is 264 g/mol. The average Bonchev–Trinajstić information content (AvgIpc) is 2.78. The van der Waals surface area contributed by atoms with Crippen molar-refractivity contribution in [3.8, 4) is 0 Å². The van der Waals surface area contributed by atoms with Gasteiger partial charge in [-0.3, -0.25) is 9.59 Å². The van der Waals surface area contributed by atoms with Gasteiger partial charge in [0.15, 0.2) is 5.11 Å². The molecule has 94 valence electrons. The summed E-state index contributed by atoms with van der Waals surface area (Å²) in [5.41, 5.74) is -0.441. The Labute approximate surface area is 109 Å². The van der Waals surface area contributed by atoms with Crippen molar-refractivity contribution in [3.05, 3.63) is 36.8 Å². The third kappa shape index (κ3) is 2.06. The fraction of sp³-hybridized carbons (Fsp3) is 0.250. The molecular formula is C12H12N2O3S. The van der Waals surface area contributed by atoms with Gasteiger partial charge < -0.3 is 15.1 Å². The molecule has 2 heterocycles. The molecule has 0 aromatic carbocycles. The number of rotatable bonds is 4. The first-order valence-electron chi connectivity index (χ1n) is 5.37. The van der Waals surface area contributed by atoms with Gasteiger partial charge >= 0.3 is 0 Å². The third-order valence-corrected chi connectivity index (χ3v) is 3.11. The van der Waals surface area contributed by atoms with Crippen molar-refractivity contribution < 1.29 is 14.0 Å². The Bertz CT molecular complexity index is 487. The summed E-state index contributed by atoms with van der Waals surface area (Å²) >= 11 is 4.79. The van der Waals surface area contributed by atoms with E-state index in [0.29, 0.717) is 0 Å². The van der Waals surface area contributed by atoms with Gasteiger partial charge in [0.25, 0.3) is 0 Å². The van der Waals surface area contributed by atoms with Crippen LogP contribution >= 0.6 is 12.2 Å². The predicted octanol–water partition coefficient (Wildman–Crippen LogP) is 0.915. The SMILES string of the molecule is C=CCC1(Cc2ccoc2)C(=O)NC(=S)NC1=O. The molecule has 0 bridgehead atoms. The van der Waals surface area contributed by atoms with Crippen molar-refractivity contribution >= 4 is 29.1 Å². The van der Waals surface area contributed by atoms with E-state index in [4.69, 9.17) is 16.6 Å². The normalized spacial score (nSPS) is 18.1. The van der Waals surface area contributed by atoms with Crippen LogP contribution in [0.3, 0.4) is 0 Å². The maximum Gasteiger partial charge on any atom is 0.242 e. The molecule has 2 amide bonds. The van der Waals surface area contributed by atoms with Crippen LogP contribution in [-0.4, -0.2) is 16.9 Å². The molecule has 0 unspecified atom stereocenters. The second-order valence-corrected chi connectivity index (χ2v) is 4.53. The van der Waals surface area contributed by atoms with E-state index in [1.165, 1.54) is 12.5 Å². The van der Waals surface area contributed by atoms with Crippen LogP contribution in [0.5, 0.6) is 0 Å². The number of thiocarbonyl (C=S) groups is 1. The lowest BCUT2D eigenvalue weighted by molar-refractivity contribution is -0.143. The first kappa shape index (κ1) is 12.5. The van der Waals surface area contributed by atoms with Crippen LogP contribution in [0.4, 0.5) is 0 Å². The average molecular weight is 264 g/mol. The Kier molecular flexibility index (Phi) is 3.29. The first-order chi connectivity index (χ1) is 8.58. The number of nitrogens with one attached hydrogen (secondary N) is 2. The summed E-state index contributed by atoms with van der Waals surface area (Å²) in [5.74, 6) is -0.810. The molecule has 6 heteroatoms. The number of hydrogen-bond donors (Lipinski definition) is 2. The van der Waals surface area contributed by atoms with Gasteiger partial charge in [0.1, 0.15) is 5.41 Å². The zero-order valence-corrected chi connectivity index (χ0v) is 10.4. The van der Waals surface area contributed by atoms with E-state index in [-0.39, 0.29) is 18.0 Å². The number of allylic oxidation sites excluding steroid dienone is 1. The molecule has 0 atom stereocenters. The van der Waals surface area contributed by atoms with Gasteiger partial charge in [0.05, 0.1) is 12.5 Å². The van der Waals surface area contributed by atoms with Gasteiger partial charge in [-0.05, 0) is 36.7 Å². The van der Waals surface area contributed by atoms with Gasteiger partial charge in [-0.25, -0.2) is 0 Å². The van der Waals surface area contributed by atoms with E-state index in [2.05, 4.69) is 17.2 Å². The third-order valence-electron chi connectivity index (χ3n) is 2.90. The van der Waals surface area contributed by atoms with Gasteiger partial charge in [-0.1, -0.05) is 6.08 Å². The molecule has 1 aromatic heterocycles. The summed E-state index contributed by atoms with van der Waals surface area (Å²) < 4.78 is 4.96. The second kappa shape index (κ2) is 4.73. The quantitative estimate of drug-likeness (QED) is 0.482. The van der Waals surface area contributed by atoms with Gasteiger partial charge in [-0.15, -0.1) is 6.58 Å². The number of carbonyl (C=O) groups is 2. The van der Waals surface area contributed by atoms with Crippen LogP contribution in [0, 0.1) is 5.41 Å². The van der Waals surface area contributed by atoms with Crippen LogP contribution in [-0.2, 0) is 16.0 Å². The van der Waals surface area contributed by atoms with Crippen LogP contribution in [0.25, 0.3) is 0 Å². The minimum absolute atomic E-state index is 0.0388. The fourth-order valence-corrected chi connectivity index (χ4v) is 2.17. The van der Waals surface area contributed by atoms with Crippen molar-refractivity contribution in [3.63, 3.8) is 0 Å². The maximum atomic E-state index is 12.1. The minimum Gasteiger partial charge on any atom is -0.472 e. The lowest BCUT2D eigenvalue weighted by Crippen LogP contribution is -2.62. The largest absolute Gasteiger partial charge is 0.472 e. The van der Waals surface area contributed by atoms with E-state index < -0.39 is 17.2 Å². The summed E-state index contributed by atoms with van der Waals surface area (Å²) in [4.78, 5) is 24.2. The lowest BCUT2D eigenvalue weighted by Gasteiger charge is -2.33. The van der Waals surface area contributed by atoms with E-state index in [9.17, 15) is 9.59 Å². The van der Waals surface area contributed by atoms with Crippen molar-refractivity contribution in [2.24, 2.45) is 5.41 Å². The van der Waals surface area contributed by atoms with E-state index >= 15 is 0 Å². The van der Waals surface area contributed by atoms with Crippen LogP contribution in [0.1, 0.15) is 12.0 Å². The van der Waals surface area contributed by atoms with Crippen molar-refractivity contribution in [2.45, 2.75) is 12.8 Å². The predicted molar refractivity (Wildman–Crippen MR) is 68.5 cm³/mol. The molecule has 0 radical (unpaired) electrons. The Morgan fingerprint density at radius 3 is 2.56 bits per heavy atom. The highest BCUT2D eigenvalue weighted by molar-refractivity contribution is 7.80. The highest BCUT2D eigenvalue weighted by Gasteiger charge is 2.48. The minimum atomic E-state index is -1.21. The molecule has 18 heavy (non-hydrogen) atoms. The number of carbonyl (C=O) groups excluding carboxylic acids is 2. The molecule has 1 aliphatic rings. The molecule has 1 aliphatic heterocycles. The smallest absolute Gasteiger partial charge is 0.242 e. The molecule has 0 saturated carbocycles. The molecular weight excluding hydrogens is 252 g/mol. The standard InChI is InChI=1S/C12H12N2O3S/c1-2-4-12(6-8-3-5-17-7-8)9(15)13-11(18)14-10(12)16/h2-3,5,7H,1,4,6H2,(H2,13,14,15,16,18). The Hall–Kier alpha value is -1.95. The summed E-state index contributed by atoms with van der Waals surface area (Å²) in [5, 5.41) is 5.00. The summed E-state index contributed by atoms with van der Waals surface area (Å²) in [6.07, 6.45) is 5.04. The molecule has 2 N–H and O–H groups in total. The Balaban J connectivity index is 2.35. The molecule has 0 spiro atoms. The zero-order chi connectivity index (χ0) is 13.2. The number of furan rings is 1. The van der Waals surface area contributed by atoms with Crippen molar-refractivity contribution in [2.75, 3.05) is 0 Å². The van der Waals surface area contributed by atoms with Crippen LogP contribution in [0.15, 0.2) is 35.7 Å². The highest BCUT2D eigenvalue weighted by atomic mass is 32.1. The van der Waals surface area contributed by atoms with Gasteiger partial charge in [0.2, 0.25) is 11.8 Å². The van der Waals surface area contributed by atoms with Crippen molar-refractivity contribution in [1.82, 2.24) is 10.6 Å². The highest BCUT2D eigenvalue weighted by Crippen LogP contribution is 2.30. The molecule has 0 aliphatic carbocycles. The van der Waals surface area contributed by atoms with Crippen molar-refractivity contribution in [1.29, 1.82) is 0 Å². The fourth-order valence-electron chi connectivity index (χ4n) is 1.99. The molecule has 1 saturated heterocycles. The summed E-state index contributed by atoms with van der Waals surface area (Å²) in [7, 11) is 0. The van der Waals surface area contributed by atoms with Gasteiger partial charge in [-0.2, -0.15) is 0 Å².